The van der Waals surface area contributed by atoms with Crippen LogP contribution < -0.4 is 11.1 Å². The lowest BCUT2D eigenvalue weighted by Gasteiger charge is -2.30. The maximum Gasteiger partial charge on any atom is 0.246 e. The molecule has 0 aliphatic heterocycles. The van der Waals surface area contributed by atoms with Gasteiger partial charge in [0.2, 0.25) is 5.91 Å². The van der Waals surface area contributed by atoms with Crippen molar-refractivity contribution in [2.75, 3.05) is 19.7 Å². The van der Waals surface area contributed by atoms with Crippen molar-refractivity contribution in [3.63, 3.8) is 0 Å². The van der Waals surface area contributed by atoms with E-state index in [1.165, 1.54) is 12.8 Å². The number of carbonyl (C=O) groups excluding carboxylic acids is 1. The summed E-state index contributed by atoms with van der Waals surface area (Å²) in [7, 11) is 0. The fourth-order valence-corrected chi connectivity index (χ4v) is 2.21. The Labute approximate surface area is 104 Å². The van der Waals surface area contributed by atoms with Crippen molar-refractivity contribution in [2.45, 2.75) is 45.6 Å². The molecule has 0 radical (unpaired) electrons. The first kappa shape index (κ1) is 14.5. The zero-order valence-electron chi connectivity index (χ0n) is 11.1. The summed E-state index contributed by atoms with van der Waals surface area (Å²) in [5.74, 6) is 0.895. The second-order valence-electron chi connectivity index (χ2n) is 5.33. The van der Waals surface area contributed by atoms with Crippen LogP contribution in [0, 0.1) is 11.8 Å². The van der Waals surface area contributed by atoms with Crippen molar-refractivity contribution in [2.24, 2.45) is 17.6 Å². The molecule has 1 rings (SSSR count). The lowest BCUT2D eigenvalue weighted by molar-refractivity contribution is -0.129. The Morgan fingerprint density at radius 1 is 1.41 bits per heavy atom. The van der Waals surface area contributed by atoms with Crippen LogP contribution in [0.25, 0.3) is 0 Å². The Morgan fingerprint density at radius 2 is 2.12 bits per heavy atom. The number of nitrogens with one attached hydrogen (secondary N) is 1. The Balaban J connectivity index is 2.21. The first-order chi connectivity index (χ1) is 8.13. The monoisotopic (exact) mass is 242 g/mol. The van der Waals surface area contributed by atoms with Crippen LogP contribution in [0.2, 0.25) is 0 Å². The lowest BCUT2D eigenvalue weighted by atomic mass is 9.86. The number of amides is 1. The van der Waals surface area contributed by atoms with E-state index in [9.17, 15) is 4.79 Å². The van der Waals surface area contributed by atoms with Gasteiger partial charge in [-0.15, -0.1) is 0 Å². The number of carbonyl (C=O) groups is 1. The van der Waals surface area contributed by atoms with E-state index in [1.54, 1.807) is 0 Å². The highest BCUT2D eigenvalue weighted by molar-refractivity contribution is 5.77. The minimum absolute atomic E-state index is 0.0138. The van der Waals surface area contributed by atoms with E-state index in [2.05, 4.69) is 19.2 Å². The van der Waals surface area contributed by atoms with Gasteiger partial charge in [-0.2, -0.15) is 0 Å². The van der Waals surface area contributed by atoms with E-state index in [1.807, 2.05) is 0 Å². The molecule has 0 heterocycles. The zero-order chi connectivity index (χ0) is 12.7. The molecule has 1 saturated carbocycles. The third-order valence-corrected chi connectivity index (χ3v) is 3.28. The normalized spacial score (nSPS) is 24.9. The molecular formula is C13H26N2O2. The SMILES string of the molecule is CC(C)CNC(=O)COC1CCCCC1CN. The molecular weight excluding hydrogens is 216 g/mol. The topological polar surface area (TPSA) is 64.3 Å². The van der Waals surface area contributed by atoms with Crippen molar-refractivity contribution < 1.29 is 9.53 Å². The van der Waals surface area contributed by atoms with Gasteiger partial charge >= 0.3 is 0 Å². The molecule has 0 bridgehead atoms. The van der Waals surface area contributed by atoms with Crippen LogP contribution in [-0.4, -0.2) is 31.7 Å². The molecule has 100 valence electrons. The third kappa shape index (κ3) is 5.50. The van der Waals surface area contributed by atoms with E-state index in [0.29, 0.717) is 24.9 Å². The molecule has 1 fully saturated rings. The van der Waals surface area contributed by atoms with Gasteiger partial charge in [-0.1, -0.05) is 26.7 Å². The maximum absolute atomic E-state index is 11.5. The zero-order valence-corrected chi connectivity index (χ0v) is 11.1. The Morgan fingerprint density at radius 3 is 2.76 bits per heavy atom. The summed E-state index contributed by atoms with van der Waals surface area (Å²) in [6, 6.07) is 0. The summed E-state index contributed by atoms with van der Waals surface area (Å²) in [5, 5.41) is 2.86. The summed E-state index contributed by atoms with van der Waals surface area (Å²) >= 11 is 0. The van der Waals surface area contributed by atoms with Gasteiger partial charge in [0.1, 0.15) is 6.61 Å². The number of hydrogen-bond acceptors (Lipinski definition) is 3. The molecule has 3 N–H and O–H groups in total. The van der Waals surface area contributed by atoms with E-state index in [-0.39, 0.29) is 18.6 Å². The molecule has 2 unspecified atom stereocenters. The molecule has 0 saturated heterocycles. The molecule has 4 heteroatoms. The summed E-state index contributed by atoms with van der Waals surface area (Å²) in [5.41, 5.74) is 5.72. The average molecular weight is 242 g/mol. The average Bonchev–Trinajstić information content (AvgIpc) is 2.34. The number of rotatable bonds is 6. The van der Waals surface area contributed by atoms with Crippen molar-refractivity contribution in [3.05, 3.63) is 0 Å². The Bertz CT molecular complexity index is 231. The van der Waals surface area contributed by atoms with Gasteiger partial charge in [-0.05, 0) is 31.2 Å². The number of nitrogens with two attached hydrogens (primary N) is 1. The molecule has 0 aromatic carbocycles. The third-order valence-electron chi connectivity index (χ3n) is 3.28. The predicted molar refractivity (Wildman–Crippen MR) is 68.6 cm³/mol. The second kappa shape index (κ2) is 7.67. The first-order valence-electron chi connectivity index (χ1n) is 6.71. The van der Waals surface area contributed by atoms with Gasteiger partial charge in [-0.3, -0.25) is 4.79 Å². The smallest absolute Gasteiger partial charge is 0.246 e. The summed E-state index contributed by atoms with van der Waals surface area (Å²) in [4.78, 5) is 11.5. The van der Waals surface area contributed by atoms with E-state index in [4.69, 9.17) is 10.5 Å². The molecule has 2 atom stereocenters. The fourth-order valence-electron chi connectivity index (χ4n) is 2.21. The van der Waals surface area contributed by atoms with Crippen LogP contribution in [0.3, 0.4) is 0 Å². The van der Waals surface area contributed by atoms with Crippen LogP contribution in [0.1, 0.15) is 39.5 Å². The van der Waals surface area contributed by atoms with Crippen LogP contribution in [0.15, 0.2) is 0 Å². The summed E-state index contributed by atoms with van der Waals surface area (Å²) in [6.07, 6.45) is 4.78. The summed E-state index contributed by atoms with van der Waals surface area (Å²) in [6.45, 7) is 5.71. The molecule has 17 heavy (non-hydrogen) atoms. The van der Waals surface area contributed by atoms with Crippen molar-refractivity contribution in [1.29, 1.82) is 0 Å². The molecule has 1 aliphatic rings. The minimum atomic E-state index is -0.0138. The highest BCUT2D eigenvalue weighted by atomic mass is 16.5. The van der Waals surface area contributed by atoms with Crippen LogP contribution in [0.4, 0.5) is 0 Å². The molecule has 0 spiro atoms. The molecule has 1 aliphatic carbocycles. The lowest BCUT2D eigenvalue weighted by Crippen LogP contribution is -2.37. The highest BCUT2D eigenvalue weighted by Gasteiger charge is 2.25. The predicted octanol–water partition coefficient (Wildman–Crippen LogP) is 1.29. The molecule has 0 aromatic heterocycles. The maximum atomic E-state index is 11.5. The highest BCUT2D eigenvalue weighted by Crippen LogP contribution is 2.25. The Hall–Kier alpha value is -0.610. The van der Waals surface area contributed by atoms with Crippen molar-refractivity contribution in [1.82, 2.24) is 5.32 Å². The van der Waals surface area contributed by atoms with E-state index in [0.717, 1.165) is 12.8 Å². The van der Waals surface area contributed by atoms with Gasteiger partial charge in [0.15, 0.2) is 0 Å². The summed E-state index contributed by atoms with van der Waals surface area (Å²) < 4.78 is 5.69. The van der Waals surface area contributed by atoms with Crippen LogP contribution in [0.5, 0.6) is 0 Å². The van der Waals surface area contributed by atoms with Gasteiger partial charge in [-0.25, -0.2) is 0 Å². The fraction of sp³-hybridized carbons (Fsp3) is 0.923. The number of ether oxygens (including phenoxy) is 1. The van der Waals surface area contributed by atoms with Crippen molar-refractivity contribution in [3.8, 4) is 0 Å². The van der Waals surface area contributed by atoms with Gasteiger partial charge in [0.25, 0.3) is 0 Å². The largest absolute Gasteiger partial charge is 0.368 e. The van der Waals surface area contributed by atoms with Crippen LogP contribution in [-0.2, 0) is 9.53 Å². The Kier molecular flexibility index (Phi) is 6.52. The molecule has 4 nitrogen and oxygen atoms in total. The van der Waals surface area contributed by atoms with Crippen molar-refractivity contribution >= 4 is 5.91 Å². The van der Waals surface area contributed by atoms with Crippen LogP contribution >= 0.6 is 0 Å². The molecule has 0 aromatic rings. The van der Waals surface area contributed by atoms with Gasteiger partial charge in [0, 0.05) is 6.54 Å². The molecule has 1 amide bonds. The van der Waals surface area contributed by atoms with E-state index >= 15 is 0 Å². The quantitative estimate of drug-likeness (QED) is 0.737. The standard InChI is InChI=1S/C13H26N2O2/c1-10(2)8-15-13(16)9-17-12-6-4-3-5-11(12)7-14/h10-12H,3-9,14H2,1-2H3,(H,15,16). The minimum Gasteiger partial charge on any atom is -0.368 e. The van der Waals surface area contributed by atoms with E-state index < -0.39 is 0 Å². The first-order valence-corrected chi connectivity index (χ1v) is 6.71. The number of hydrogen-bond donors (Lipinski definition) is 2. The van der Waals surface area contributed by atoms with Gasteiger partial charge < -0.3 is 15.8 Å². The van der Waals surface area contributed by atoms with Gasteiger partial charge in [0.05, 0.1) is 6.10 Å². The second-order valence-corrected chi connectivity index (χ2v) is 5.33.